The lowest BCUT2D eigenvalue weighted by atomic mass is 9.75. The smallest absolute Gasteiger partial charge is 0.256 e. The standard InChI is InChI=1S/C20H19ClN4O2/c1-25-13-5-3-2-4-12(13)17-15(20(25)27)14(10-6-8-11(21)9-7-10)16-18(22-17)23-24-19(16)26/h2-9,14,16,18-19,22-24,26H,1H3. The summed E-state index contributed by atoms with van der Waals surface area (Å²) in [4.78, 5) is 13.3. The Labute approximate surface area is 160 Å². The maximum absolute atomic E-state index is 13.3. The van der Waals surface area contributed by atoms with Gasteiger partial charge in [-0.25, -0.2) is 10.9 Å². The van der Waals surface area contributed by atoms with E-state index in [4.69, 9.17) is 11.6 Å². The van der Waals surface area contributed by atoms with Gasteiger partial charge in [0, 0.05) is 34.9 Å². The number of para-hydroxylation sites is 1. The first kappa shape index (κ1) is 16.8. The number of hydrazine groups is 1. The van der Waals surface area contributed by atoms with Gasteiger partial charge in [0.2, 0.25) is 0 Å². The molecule has 2 aromatic carbocycles. The number of benzene rings is 2. The number of aryl methyl sites for hydroxylation is 1. The fourth-order valence-electron chi connectivity index (χ4n) is 4.43. The van der Waals surface area contributed by atoms with Gasteiger partial charge >= 0.3 is 0 Å². The van der Waals surface area contributed by atoms with Gasteiger partial charge in [-0.15, -0.1) is 0 Å². The monoisotopic (exact) mass is 382 g/mol. The highest BCUT2D eigenvalue weighted by molar-refractivity contribution is 6.30. The molecule has 0 spiro atoms. The molecule has 7 heteroatoms. The van der Waals surface area contributed by atoms with E-state index in [1.807, 2.05) is 48.5 Å². The van der Waals surface area contributed by atoms with Crippen LogP contribution >= 0.6 is 11.6 Å². The van der Waals surface area contributed by atoms with Crippen molar-refractivity contribution in [2.45, 2.75) is 18.3 Å². The second-order valence-corrected chi connectivity index (χ2v) is 7.57. The molecule has 1 fully saturated rings. The van der Waals surface area contributed by atoms with Gasteiger partial charge in [0.15, 0.2) is 0 Å². The third-order valence-electron chi connectivity index (χ3n) is 5.70. The highest BCUT2D eigenvalue weighted by Crippen LogP contribution is 2.45. The fourth-order valence-corrected chi connectivity index (χ4v) is 4.55. The zero-order valence-electron chi connectivity index (χ0n) is 14.6. The maximum Gasteiger partial charge on any atom is 0.256 e. The van der Waals surface area contributed by atoms with E-state index in [0.717, 1.165) is 22.2 Å². The number of pyridine rings is 1. The van der Waals surface area contributed by atoms with E-state index in [1.165, 1.54) is 0 Å². The number of aromatic nitrogens is 1. The maximum atomic E-state index is 13.3. The van der Waals surface area contributed by atoms with Crippen molar-refractivity contribution < 1.29 is 5.11 Å². The van der Waals surface area contributed by atoms with Crippen LogP contribution in [0.1, 0.15) is 17.0 Å². The highest BCUT2D eigenvalue weighted by Gasteiger charge is 2.47. The van der Waals surface area contributed by atoms with Crippen molar-refractivity contribution in [2.75, 3.05) is 5.32 Å². The predicted octanol–water partition coefficient (Wildman–Crippen LogP) is 2.12. The summed E-state index contributed by atoms with van der Waals surface area (Å²) in [6, 6.07) is 15.3. The molecule has 5 rings (SSSR count). The largest absolute Gasteiger partial charge is 0.377 e. The van der Waals surface area contributed by atoms with Crippen molar-refractivity contribution in [3.8, 4) is 0 Å². The molecule has 3 aromatic rings. The van der Waals surface area contributed by atoms with Crippen LogP contribution in [0.15, 0.2) is 53.3 Å². The van der Waals surface area contributed by atoms with Gasteiger partial charge in [0.05, 0.1) is 17.4 Å². The van der Waals surface area contributed by atoms with Crippen molar-refractivity contribution in [3.63, 3.8) is 0 Å². The lowest BCUT2D eigenvalue weighted by Gasteiger charge is -2.37. The van der Waals surface area contributed by atoms with Gasteiger partial charge in [0.25, 0.3) is 5.56 Å². The zero-order chi connectivity index (χ0) is 18.7. The van der Waals surface area contributed by atoms with E-state index in [9.17, 15) is 9.90 Å². The van der Waals surface area contributed by atoms with Crippen molar-refractivity contribution in [1.82, 2.24) is 15.4 Å². The molecular weight excluding hydrogens is 364 g/mol. The first-order valence-electron chi connectivity index (χ1n) is 8.89. The molecule has 4 unspecified atom stereocenters. The molecule has 1 saturated heterocycles. The second-order valence-electron chi connectivity index (χ2n) is 7.13. The number of anilines is 1. The summed E-state index contributed by atoms with van der Waals surface area (Å²) in [5.74, 6) is -0.517. The van der Waals surface area contributed by atoms with Crippen LogP contribution < -0.4 is 21.7 Å². The van der Waals surface area contributed by atoms with Crippen LogP contribution in [-0.2, 0) is 7.05 Å². The van der Waals surface area contributed by atoms with E-state index < -0.39 is 6.23 Å². The Kier molecular flexibility index (Phi) is 3.77. The molecule has 2 aliphatic heterocycles. The second kappa shape index (κ2) is 6.07. The van der Waals surface area contributed by atoms with E-state index in [0.29, 0.717) is 10.6 Å². The fraction of sp³-hybridized carbons (Fsp3) is 0.250. The molecule has 2 aliphatic rings. The Balaban J connectivity index is 1.84. The number of aliphatic hydroxyl groups excluding tert-OH is 1. The van der Waals surface area contributed by atoms with Gasteiger partial charge < -0.3 is 15.0 Å². The molecule has 0 amide bonds. The molecule has 0 bridgehead atoms. The lowest BCUT2D eigenvalue weighted by Crippen LogP contribution is -2.46. The molecule has 0 saturated carbocycles. The number of fused-ring (bicyclic) bond motifs is 4. The summed E-state index contributed by atoms with van der Waals surface area (Å²) < 4.78 is 1.68. The molecule has 138 valence electrons. The molecule has 6 nitrogen and oxygen atoms in total. The third-order valence-corrected chi connectivity index (χ3v) is 5.95. The predicted molar refractivity (Wildman–Crippen MR) is 106 cm³/mol. The van der Waals surface area contributed by atoms with Crippen molar-refractivity contribution >= 4 is 28.2 Å². The Morgan fingerprint density at radius 3 is 2.59 bits per heavy atom. The highest BCUT2D eigenvalue weighted by atomic mass is 35.5. The van der Waals surface area contributed by atoms with Crippen molar-refractivity contribution in [2.24, 2.45) is 13.0 Å². The molecule has 0 aliphatic carbocycles. The lowest BCUT2D eigenvalue weighted by molar-refractivity contribution is 0.0984. The van der Waals surface area contributed by atoms with Gasteiger partial charge in [0.1, 0.15) is 6.23 Å². The van der Waals surface area contributed by atoms with Crippen molar-refractivity contribution in [3.05, 3.63) is 75.0 Å². The summed E-state index contributed by atoms with van der Waals surface area (Å²) >= 11 is 6.07. The van der Waals surface area contributed by atoms with Crippen LogP contribution in [0.5, 0.6) is 0 Å². The van der Waals surface area contributed by atoms with E-state index in [2.05, 4.69) is 16.2 Å². The van der Waals surface area contributed by atoms with Crippen molar-refractivity contribution in [1.29, 1.82) is 0 Å². The van der Waals surface area contributed by atoms with Gasteiger partial charge in [-0.1, -0.05) is 41.9 Å². The Bertz CT molecular complexity index is 1100. The number of hydrogen-bond donors (Lipinski definition) is 4. The van der Waals surface area contributed by atoms with Gasteiger partial charge in [-0.3, -0.25) is 4.79 Å². The number of hydrogen-bond acceptors (Lipinski definition) is 5. The Morgan fingerprint density at radius 2 is 1.81 bits per heavy atom. The Hall–Kier alpha value is -2.38. The minimum atomic E-state index is -0.785. The summed E-state index contributed by atoms with van der Waals surface area (Å²) in [7, 11) is 1.79. The van der Waals surface area contributed by atoms with Gasteiger partial charge in [-0.05, 0) is 23.8 Å². The summed E-state index contributed by atoms with van der Waals surface area (Å²) in [6.07, 6.45) is -0.990. The first-order valence-corrected chi connectivity index (χ1v) is 9.27. The zero-order valence-corrected chi connectivity index (χ0v) is 15.4. The molecule has 1 aromatic heterocycles. The number of nitrogens with zero attached hydrogens (tertiary/aromatic N) is 1. The van der Waals surface area contributed by atoms with Crippen LogP contribution in [0.2, 0.25) is 5.02 Å². The number of aliphatic hydroxyl groups is 1. The van der Waals surface area contributed by atoms with Crippen LogP contribution in [0.25, 0.3) is 10.9 Å². The third kappa shape index (κ3) is 2.41. The minimum Gasteiger partial charge on any atom is -0.377 e. The van der Waals surface area contributed by atoms with Crippen LogP contribution in [0.3, 0.4) is 0 Å². The first-order chi connectivity index (χ1) is 13.1. The topological polar surface area (TPSA) is 78.3 Å². The molecule has 3 heterocycles. The number of rotatable bonds is 1. The summed E-state index contributed by atoms with van der Waals surface area (Å²) in [5.41, 5.74) is 9.26. The van der Waals surface area contributed by atoms with E-state index in [-0.39, 0.29) is 23.6 Å². The van der Waals surface area contributed by atoms with E-state index >= 15 is 0 Å². The molecular formula is C20H19ClN4O2. The van der Waals surface area contributed by atoms with Crippen LogP contribution in [0.4, 0.5) is 5.69 Å². The summed E-state index contributed by atoms with van der Waals surface area (Å²) in [6.45, 7) is 0. The number of halogens is 1. The molecule has 27 heavy (non-hydrogen) atoms. The Morgan fingerprint density at radius 1 is 1.07 bits per heavy atom. The number of nitrogens with one attached hydrogen (secondary N) is 3. The van der Waals surface area contributed by atoms with Crippen LogP contribution in [-0.4, -0.2) is 22.1 Å². The average Bonchev–Trinajstić information content (AvgIpc) is 3.06. The summed E-state index contributed by atoms with van der Waals surface area (Å²) in [5, 5.41) is 15.6. The van der Waals surface area contributed by atoms with Gasteiger partial charge in [-0.2, -0.15) is 0 Å². The quantitative estimate of drug-likeness (QED) is 0.518. The van der Waals surface area contributed by atoms with Crippen LogP contribution in [0, 0.1) is 5.92 Å². The molecule has 0 radical (unpaired) electrons. The average molecular weight is 383 g/mol. The molecule has 4 atom stereocenters. The normalized spacial score (nSPS) is 26.5. The molecule has 4 N–H and O–H groups in total. The van der Waals surface area contributed by atoms with E-state index in [1.54, 1.807) is 11.6 Å². The minimum absolute atomic E-state index is 0.0614. The SMILES string of the molecule is Cn1c(=O)c2c(c3ccccc31)NC1NNC(O)C1C2c1ccc(Cl)cc1.